The Morgan fingerprint density at radius 2 is 1.88 bits per heavy atom. The fraction of sp³-hybridized carbons (Fsp3) is 0.333. The van der Waals surface area contributed by atoms with Crippen LogP contribution in [0.5, 0.6) is 5.75 Å². The standard InChI is InChI=1S/C9H9F3O3S2/c1-6-5-7(3-4-8(6)16-2)15-17(13,14)9(10,11)12/h3-5H,1-2H3. The first-order valence-corrected chi connectivity index (χ1v) is 6.96. The Balaban J connectivity index is 3.02. The summed E-state index contributed by atoms with van der Waals surface area (Å²) in [4.78, 5) is 0.835. The normalized spacial score (nSPS) is 12.5. The zero-order chi connectivity index (χ0) is 13.3. The number of rotatable bonds is 3. The predicted molar refractivity (Wildman–Crippen MR) is 58.6 cm³/mol. The van der Waals surface area contributed by atoms with Crippen LogP contribution in [-0.4, -0.2) is 20.2 Å². The van der Waals surface area contributed by atoms with Gasteiger partial charge < -0.3 is 4.18 Å². The maximum atomic E-state index is 12.0. The van der Waals surface area contributed by atoms with Gasteiger partial charge in [0.05, 0.1) is 0 Å². The van der Waals surface area contributed by atoms with Gasteiger partial charge in [0.15, 0.2) is 0 Å². The third kappa shape index (κ3) is 3.29. The van der Waals surface area contributed by atoms with Crippen LogP contribution in [-0.2, 0) is 10.1 Å². The Morgan fingerprint density at radius 3 is 2.29 bits per heavy atom. The van der Waals surface area contributed by atoms with E-state index in [2.05, 4.69) is 4.18 Å². The van der Waals surface area contributed by atoms with Crippen molar-refractivity contribution in [3.05, 3.63) is 23.8 Å². The molecule has 0 amide bonds. The van der Waals surface area contributed by atoms with Crippen molar-refractivity contribution in [3.8, 4) is 5.75 Å². The molecule has 0 aliphatic carbocycles. The van der Waals surface area contributed by atoms with E-state index >= 15 is 0 Å². The first-order valence-electron chi connectivity index (χ1n) is 4.33. The molecule has 1 aromatic rings. The topological polar surface area (TPSA) is 43.4 Å². The van der Waals surface area contributed by atoms with Crippen LogP contribution in [0.3, 0.4) is 0 Å². The zero-order valence-electron chi connectivity index (χ0n) is 8.91. The molecule has 0 aliphatic heterocycles. The average Bonchev–Trinajstić information content (AvgIpc) is 2.15. The number of alkyl halides is 3. The van der Waals surface area contributed by atoms with Gasteiger partial charge >= 0.3 is 15.6 Å². The molecule has 0 saturated carbocycles. The van der Waals surface area contributed by atoms with E-state index in [0.717, 1.165) is 4.90 Å². The van der Waals surface area contributed by atoms with E-state index in [4.69, 9.17) is 0 Å². The van der Waals surface area contributed by atoms with Crippen molar-refractivity contribution in [1.29, 1.82) is 0 Å². The van der Waals surface area contributed by atoms with E-state index < -0.39 is 15.6 Å². The molecule has 0 heterocycles. The largest absolute Gasteiger partial charge is 0.534 e. The summed E-state index contributed by atoms with van der Waals surface area (Å²) in [6, 6.07) is 3.93. The van der Waals surface area contributed by atoms with Crippen molar-refractivity contribution in [2.75, 3.05) is 6.26 Å². The second-order valence-corrected chi connectivity index (χ2v) is 5.50. The lowest BCUT2D eigenvalue weighted by molar-refractivity contribution is -0.0500. The van der Waals surface area contributed by atoms with Gasteiger partial charge in [-0.3, -0.25) is 0 Å². The average molecular weight is 286 g/mol. The molecule has 17 heavy (non-hydrogen) atoms. The molecular weight excluding hydrogens is 277 g/mol. The molecule has 96 valence electrons. The van der Waals surface area contributed by atoms with Crippen molar-refractivity contribution >= 4 is 21.9 Å². The monoisotopic (exact) mass is 286 g/mol. The van der Waals surface area contributed by atoms with E-state index in [1.807, 2.05) is 0 Å². The number of hydrogen-bond acceptors (Lipinski definition) is 4. The summed E-state index contributed by atoms with van der Waals surface area (Å²) in [6.07, 6.45) is 1.80. The summed E-state index contributed by atoms with van der Waals surface area (Å²) in [5.74, 6) is -0.349. The van der Waals surface area contributed by atoms with Crippen molar-refractivity contribution in [3.63, 3.8) is 0 Å². The van der Waals surface area contributed by atoms with Crippen LogP contribution in [0.25, 0.3) is 0 Å². The summed E-state index contributed by atoms with van der Waals surface area (Å²) < 4.78 is 61.6. The Labute approximate surface area is 101 Å². The quantitative estimate of drug-likeness (QED) is 0.487. The zero-order valence-corrected chi connectivity index (χ0v) is 10.5. The lowest BCUT2D eigenvalue weighted by atomic mass is 10.2. The number of aryl methyl sites for hydroxylation is 1. The highest BCUT2D eigenvalue weighted by Crippen LogP contribution is 2.29. The van der Waals surface area contributed by atoms with Gasteiger partial charge in [-0.15, -0.1) is 11.8 Å². The smallest absolute Gasteiger partial charge is 0.376 e. The molecule has 0 bridgehead atoms. The van der Waals surface area contributed by atoms with Crippen molar-refractivity contribution < 1.29 is 25.8 Å². The summed E-state index contributed by atoms with van der Waals surface area (Å²) in [7, 11) is -5.59. The van der Waals surface area contributed by atoms with Crippen LogP contribution in [0.1, 0.15) is 5.56 Å². The highest BCUT2D eigenvalue weighted by molar-refractivity contribution is 7.98. The summed E-state index contributed by atoms with van der Waals surface area (Å²) >= 11 is 1.40. The van der Waals surface area contributed by atoms with E-state index in [9.17, 15) is 21.6 Å². The number of halogens is 3. The molecule has 0 spiro atoms. The molecule has 0 aliphatic rings. The molecule has 0 atom stereocenters. The lowest BCUT2D eigenvalue weighted by Crippen LogP contribution is -2.28. The molecule has 0 fully saturated rings. The molecule has 1 aromatic carbocycles. The van der Waals surface area contributed by atoms with Crippen LogP contribution in [0.15, 0.2) is 23.1 Å². The fourth-order valence-electron chi connectivity index (χ4n) is 1.08. The molecule has 0 saturated heterocycles. The molecule has 8 heteroatoms. The lowest BCUT2D eigenvalue weighted by Gasteiger charge is -2.10. The first-order chi connectivity index (χ1) is 7.67. The second kappa shape index (κ2) is 4.77. The highest BCUT2D eigenvalue weighted by Gasteiger charge is 2.48. The minimum Gasteiger partial charge on any atom is -0.376 e. The third-order valence-corrected chi connectivity index (χ3v) is 3.73. The van der Waals surface area contributed by atoms with Crippen LogP contribution in [0, 0.1) is 6.92 Å². The van der Waals surface area contributed by atoms with Crippen molar-refractivity contribution in [1.82, 2.24) is 0 Å². The van der Waals surface area contributed by atoms with Gasteiger partial charge in [-0.1, -0.05) is 0 Å². The predicted octanol–water partition coefficient (Wildman–Crippen LogP) is 2.95. The van der Waals surface area contributed by atoms with Crippen molar-refractivity contribution in [2.24, 2.45) is 0 Å². The van der Waals surface area contributed by atoms with Gasteiger partial charge in [-0.05, 0) is 36.9 Å². The van der Waals surface area contributed by atoms with Crippen molar-refractivity contribution in [2.45, 2.75) is 17.3 Å². The molecular formula is C9H9F3O3S2. The van der Waals surface area contributed by atoms with Crippen LogP contribution in [0.4, 0.5) is 13.2 Å². The summed E-state index contributed by atoms with van der Waals surface area (Å²) in [5, 5.41) is 0. The Hall–Kier alpha value is -0.890. The van der Waals surface area contributed by atoms with Gasteiger partial charge in [-0.25, -0.2) is 0 Å². The van der Waals surface area contributed by atoms with E-state index in [-0.39, 0.29) is 5.75 Å². The number of benzene rings is 1. The first kappa shape index (κ1) is 14.2. The van der Waals surface area contributed by atoms with E-state index in [0.29, 0.717) is 5.56 Å². The molecule has 3 nitrogen and oxygen atoms in total. The van der Waals surface area contributed by atoms with Gasteiger partial charge in [0.1, 0.15) is 5.75 Å². The summed E-state index contributed by atoms with van der Waals surface area (Å²) in [6.45, 7) is 1.65. The van der Waals surface area contributed by atoms with Gasteiger partial charge in [0, 0.05) is 4.90 Å². The van der Waals surface area contributed by atoms with E-state index in [1.54, 1.807) is 13.2 Å². The van der Waals surface area contributed by atoms with Gasteiger partial charge in [0.25, 0.3) is 0 Å². The van der Waals surface area contributed by atoms with E-state index in [1.165, 1.54) is 30.0 Å². The number of thioether (sulfide) groups is 1. The van der Waals surface area contributed by atoms with Gasteiger partial charge in [-0.2, -0.15) is 21.6 Å². The molecule has 1 rings (SSSR count). The minimum atomic E-state index is -5.59. The number of hydrogen-bond donors (Lipinski definition) is 0. The highest BCUT2D eigenvalue weighted by atomic mass is 32.2. The molecule has 0 aromatic heterocycles. The van der Waals surface area contributed by atoms with Crippen LogP contribution < -0.4 is 4.18 Å². The molecule has 0 N–H and O–H groups in total. The Morgan fingerprint density at radius 1 is 1.29 bits per heavy atom. The second-order valence-electron chi connectivity index (χ2n) is 3.11. The Bertz CT molecular complexity index is 509. The summed E-state index contributed by atoms with van der Waals surface area (Å²) in [5.41, 5.74) is -4.77. The molecule has 0 unspecified atom stereocenters. The fourth-order valence-corrected chi connectivity index (χ4v) is 2.11. The minimum absolute atomic E-state index is 0.349. The van der Waals surface area contributed by atoms with Crippen LogP contribution >= 0.6 is 11.8 Å². The third-order valence-electron chi connectivity index (χ3n) is 1.86. The Kier molecular flexibility index (Phi) is 3.98. The maximum Gasteiger partial charge on any atom is 0.534 e. The molecule has 0 radical (unpaired) electrons. The van der Waals surface area contributed by atoms with Gasteiger partial charge in [0.2, 0.25) is 0 Å². The van der Waals surface area contributed by atoms with Crippen LogP contribution in [0.2, 0.25) is 0 Å². The maximum absolute atomic E-state index is 12.0. The SMILES string of the molecule is CSc1ccc(OS(=O)(=O)C(F)(F)F)cc1C.